The van der Waals surface area contributed by atoms with E-state index in [-0.39, 0.29) is 27.7 Å². The zero-order chi connectivity index (χ0) is 15.6. The van der Waals surface area contributed by atoms with Gasteiger partial charge in [0.05, 0.1) is 15.6 Å². The second-order valence-corrected chi connectivity index (χ2v) is 7.33. The van der Waals surface area contributed by atoms with Gasteiger partial charge < -0.3 is 5.73 Å². The van der Waals surface area contributed by atoms with E-state index >= 15 is 0 Å². The molecule has 0 saturated carbocycles. The number of nitrogens with one attached hydrogen (secondary N) is 1. The zero-order valence-electron chi connectivity index (χ0n) is 10.6. The molecule has 0 fully saturated rings. The van der Waals surface area contributed by atoms with Crippen LogP contribution < -0.4 is 10.5 Å². The van der Waals surface area contributed by atoms with Gasteiger partial charge in [0.2, 0.25) is 10.0 Å². The number of nitrogen functional groups attached to an aromatic ring is 1. The first-order chi connectivity index (χ1) is 9.79. The van der Waals surface area contributed by atoms with Crippen molar-refractivity contribution in [1.82, 2.24) is 4.72 Å². The van der Waals surface area contributed by atoms with Crippen molar-refractivity contribution < 1.29 is 12.8 Å². The molecule has 0 aliphatic heterocycles. The summed E-state index contributed by atoms with van der Waals surface area (Å²) in [6, 6.07) is 8.28. The average molecular weight is 394 g/mol. The molecule has 3 N–H and O–H groups in total. The van der Waals surface area contributed by atoms with Crippen molar-refractivity contribution in [2.24, 2.45) is 0 Å². The highest BCUT2D eigenvalue weighted by Crippen LogP contribution is 2.22. The molecular formula is C13H11BrClFN2O2S. The molecular weight excluding hydrogens is 383 g/mol. The Hall–Kier alpha value is -1.15. The van der Waals surface area contributed by atoms with Crippen LogP contribution in [0.15, 0.2) is 45.8 Å². The second kappa shape index (κ2) is 6.31. The Labute approximate surface area is 135 Å². The predicted molar refractivity (Wildman–Crippen MR) is 84.0 cm³/mol. The van der Waals surface area contributed by atoms with Crippen molar-refractivity contribution in [3.8, 4) is 0 Å². The third kappa shape index (κ3) is 3.94. The lowest BCUT2D eigenvalue weighted by molar-refractivity contribution is 0.574. The van der Waals surface area contributed by atoms with Crippen LogP contribution in [-0.2, 0) is 16.6 Å². The molecule has 2 aromatic rings. The monoisotopic (exact) mass is 392 g/mol. The molecule has 0 amide bonds. The molecule has 0 aliphatic carbocycles. The van der Waals surface area contributed by atoms with Crippen LogP contribution in [0, 0.1) is 5.82 Å². The largest absolute Gasteiger partial charge is 0.397 e. The first-order valence-electron chi connectivity index (χ1n) is 5.78. The van der Waals surface area contributed by atoms with E-state index in [9.17, 15) is 12.8 Å². The fraction of sp³-hybridized carbons (Fsp3) is 0.0769. The molecule has 8 heteroatoms. The number of nitrogens with two attached hydrogens (primary N) is 1. The molecule has 0 atom stereocenters. The number of anilines is 1. The summed E-state index contributed by atoms with van der Waals surface area (Å²) in [6.07, 6.45) is 0. The average Bonchev–Trinajstić information content (AvgIpc) is 2.43. The van der Waals surface area contributed by atoms with Gasteiger partial charge in [-0.05, 0) is 36.4 Å². The topological polar surface area (TPSA) is 72.2 Å². The van der Waals surface area contributed by atoms with E-state index in [1.165, 1.54) is 36.4 Å². The van der Waals surface area contributed by atoms with E-state index < -0.39 is 15.8 Å². The molecule has 0 radical (unpaired) electrons. The molecule has 0 heterocycles. The highest BCUT2D eigenvalue weighted by molar-refractivity contribution is 9.10. The SMILES string of the molecule is Nc1cc(S(=O)(=O)NCc2cc(Br)ccc2F)ccc1Cl. The molecule has 21 heavy (non-hydrogen) atoms. The minimum Gasteiger partial charge on any atom is -0.397 e. The van der Waals surface area contributed by atoms with Crippen LogP contribution in [0.2, 0.25) is 5.02 Å². The van der Waals surface area contributed by atoms with Crippen molar-refractivity contribution in [3.63, 3.8) is 0 Å². The summed E-state index contributed by atoms with van der Waals surface area (Å²) in [4.78, 5) is -0.0280. The van der Waals surface area contributed by atoms with Crippen LogP contribution in [0.5, 0.6) is 0 Å². The third-order valence-electron chi connectivity index (χ3n) is 2.74. The van der Waals surface area contributed by atoms with Crippen molar-refractivity contribution in [2.45, 2.75) is 11.4 Å². The van der Waals surface area contributed by atoms with Gasteiger partial charge in [-0.2, -0.15) is 0 Å². The number of hydrogen-bond donors (Lipinski definition) is 2. The van der Waals surface area contributed by atoms with Crippen molar-refractivity contribution in [3.05, 3.63) is 57.3 Å². The van der Waals surface area contributed by atoms with E-state index in [1.54, 1.807) is 0 Å². The van der Waals surface area contributed by atoms with Gasteiger partial charge in [-0.1, -0.05) is 27.5 Å². The Balaban J connectivity index is 2.21. The highest BCUT2D eigenvalue weighted by Gasteiger charge is 2.16. The third-order valence-corrected chi connectivity index (χ3v) is 4.97. The number of halogens is 3. The zero-order valence-corrected chi connectivity index (χ0v) is 13.8. The van der Waals surface area contributed by atoms with Gasteiger partial charge in [0.15, 0.2) is 0 Å². The minimum absolute atomic E-state index is 0.0280. The molecule has 0 unspecified atom stereocenters. The number of benzene rings is 2. The Bertz CT molecular complexity index is 784. The van der Waals surface area contributed by atoms with Gasteiger partial charge in [0.1, 0.15) is 5.82 Å². The lowest BCUT2D eigenvalue weighted by Crippen LogP contribution is -2.23. The standard InChI is InChI=1S/C13H11BrClFN2O2S/c14-9-1-4-12(16)8(5-9)7-18-21(19,20)10-2-3-11(15)13(17)6-10/h1-6,18H,7,17H2. The van der Waals surface area contributed by atoms with Crippen LogP contribution >= 0.6 is 27.5 Å². The van der Waals surface area contributed by atoms with E-state index in [0.29, 0.717) is 4.47 Å². The molecule has 4 nitrogen and oxygen atoms in total. The Kier molecular flexibility index (Phi) is 4.88. The van der Waals surface area contributed by atoms with Gasteiger partial charge >= 0.3 is 0 Å². The van der Waals surface area contributed by atoms with E-state index in [2.05, 4.69) is 20.7 Å². The number of sulfonamides is 1. The molecule has 2 rings (SSSR count). The van der Waals surface area contributed by atoms with Crippen LogP contribution in [0.4, 0.5) is 10.1 Å². The highest BCUT2D eigenvalue weighted by atomic mass is 79.9. The van der Waals surface area contributed by atoms with Crippen LogP contribution in [0.3, 0.4) is 0 Å². The maximum atomic E-state index is 13.6. The summed E-state index contributed by atoms with van der Waals surface area (Å²) >= 11 is 8.95. The molecule has 0 spiro atoms. The molecule has 0 saturated heterocycles. The quantitative estimate of drug-likeness (QED) is 0.783. The molecule has 0 bridgehead atoms. The van der Waals surface area contributed by atoms with Crippen LogP contribution in [0.1, 0.15) is 5.56 Å². The van der Waals surface area contributed by atoms with E-state index in [4.69, 9.17) is 17.3 Å². The van der Waals surface area contributed by atoms with Crippen molar-refractivity contribution in [1.29, 1.82) is 0 Å². The first-order valence-corrected chi connectivity index (χ1v) is 8.43. The predicted octanol–water partition coefficient (Wildman–Crippen LogP) is 3.30. The molecule has 0 aliphatic rings. The Morgan fingerprint density at radius 2 is 1.95 bits per heavy atom. The maximum Gasteiger partial charge on any atom is 0.240 e. The summed E-state index contributed by atoms with van der Waals surface area (Å²) in [5.41, 5.74) is 5.97. The summed E-state index contributed by atoms with van der Waals surface area (Å²) in [5, 5.41) is 0.270. The Morgan fingerprint density at radius 3 is 2.62 bits per heavy atom. The van der Waals surface area contributed by atoms with Gasteiger partial charge in [-0.25, -0.2) is 17.5 Å². The van der Waals surface area contributed by atoms with Gasteiger partial charge in [0.25, 0.3) is 0 Å². The van der Waals surface area contributed by atoms with Gasteiger partial charge in [0, 0.05) is 16.6 Å². The molecule has 0 aromatic heterocycles. The molecule has 2 aromatic carbocycles. The van der Waals surface area contributed by atoms with E-state index in [1.807, 2.05) is 0 Å². The summed E-state index contributed by atoms with van der Waals surface area (Å²) in [7, 11) is -3.80. The molecule has 112 valence electrons. The smallest absolute Gasteiger partial charge is 0.240 e. The first kappa shape index (κ1) is 16.2. The Morgan fingerprint density at radius 1 is 1.24 bits per heavy atom. The van der Waals surface area contributed by atoms with Crippen LogP contribution in [-0.4, -0.2) is 8.42 Å². The van der Waals surface area contributed by atoms with Crippen LogP contribution in [0.25, 0.3) is 0 Å². The van der Waals surface area contributed by atoms with Gasteiger partial charge in [-0.3, -0.25) is 0 Å². The fourth-order valence-electron chi connectivity index (χ4n) is 1.62. The lowest BCUT2D eigenvalue weighted by atomic mass is 10.2. The van der Waals surface area contributed by atoms with E-state index in [0.717, 1.165) is 0 Å². The number of rotatable bonds is 4. The maximum absolute atomic E-state index is 13.6. The summed E-state index contributed by atoms with van der Waals surface area (Å²) in [6.45, 7) is -0.170. The van der Waals surface area contributed by atoms with Crippen molar-refractivity contribution in [2.75, 3.05) is 5.73 Å². The van der Waals surface area contributed by atoms with Gasteiger partial charge in [-0.15, -0.1) is 0 Å². The second-order valence-electron chi connectivity index (χ2n) is 4.24. The van der Waals surface area contributed by atoms with Crippen molar-refractivity contribution >= 4 is 43.2 Å². The summed E-state index contributed by atoms with van der Waals surface area (Å²) < 4.78 is 40.8. The summed E-state index contributed by atoms with van der Waals surface area (Å²) in [5.74, 6) is -0.489. The normalized spacial score (nSPS) is 11.6. The number of hydrogen-bond acceptors (Lipinski definition) is 3. The lowest BCUT2D eigenvalue weighted by Gasteiger charge is -2.09. The minimum atomic E-state index is -3.80. The fourth-order valence-corrected chi connectivity index (χ4v) is 3.19.